The maximum Gasteiger partial charge on any atom is 0.138 e. The molecule has 2 aromatic heterocycles. The van der Waals surface area contributed by atoms with Crippen LogP contribution in [0.2, 0.25) is 0 Å². The number of nitrogens with one attached hydrogen (secondary N) is 1. The van der Waals surface area contributed by atoms with E-state index in [1.54, 1.807) is 6.33 Å². The van der Waals surface area contributed by atoms with Crippen LogP contribution in [0.4, 0.5) is 0 Å². The van der Waals surface area contributed by atoms with Crippen molar-refractivity contribution in [1.82, 2.24) is 29.9 Å². The molecule has 6 nitrogen and oxygen atoms in total. The molecule has 0 bridgehead atoms. The molecule has 6 heteroatoms. The van der Waals surface area contributed by atoms with Crippen LogP contribution in [0.1, 0.15) is 23.4 Å². The Morgan fingerprint density at radius 1 is 1.07 bits per heavy atom. The SMILES string of the molecule is Cc1ccccc1-c1nn(-c2ccccc2)cc1CNC1CCc2ncnn2C1. The van der Waals surface area contributed by atoms with Gasteiger partial charge < -0.3 is 5.32 Å². The highest BCUT2D eigenvalue weighted by molar-refractivity contribution is 5.66. The van der Waals surface area contributed by atoms with E-state index in [9.17, 15) is 0 Å². The Morgan fingerprint density at radius 2 is 1.90 bits per heavy atom. The third-order valence-electron chi connectivity index (χ3n) is 5.60. The quantitative estimate of drug-likeness (QED) is 0.572. The Bertz CT molecular complexity index is 1110. The molecule has 4 aromatic rings. The molecule has 0 saturated heterocycles. The molecule has 1 aliphatic rings. The average Bonchev–Trinajstić information content (AvgIpc) is 3.40. The van der Waals surface area contributed by atoms with Gasteiger partial charge in [0.2, 0.25) is 0 Å². The number of hydrogen-bond donors (Lipinski definition) is 1. The molecular weight excluding hydrogens is 360 g/mol. The normalized spacial score (nSPS) is 16.0. The lowest BCUT2D eigenvalue weighted by atomic mass is 10.0. The second-order valence-electron chi connectivity index (χ2n) is 7.57. The summed E-state index contributed by atoms with van der Waals surface area (Å²) in [4.78, 5) is 4.32. The molecule has 1 aliphatic heterocycles. The van der Waals surface area contributed by atoms with E-state index in [2.05, 4.69) is 64.9 Å². The summed E-state index contributed by atoms with van der Waals surface area (Å²) in [6, 6.07) is 19.1. The van der Waals surface area contributed by atoms with Gasteiger partial charge in [-0.3, -0.25) is 0 Å². The van der Waals surface area contributed by atoms with E-state index in [4.69, 9.17) is 5.10 Å². The van der Waals surface area contributed by atoms with Gasteiger partial charge in [0.15, 0.2) is 0 Å². The molecule has 0 radical (unpaired) electrons. The summed E-state index contributed by atoms with van der Waals surface area (Å²) in [5, 5.41) is 13.0. The predicted molar refractivity (Wildman–Crippen MR) is 113 cm³/mol. The van der Waals surface area contributed by atoms with E-state index in [-0.39, 0.29) is 0 Å². The highest BCUT2D eigenvalue weighted by atomic mass is 15.3. The average molecular weight is 384 g/mol. The van der Waals surface area contributed by atoms with Crippen molar-refractivity contribution < 1.29 is 0 Å². The van der Waals surface area contributed by atoms with E-state index >= 15 is 0 Å². The maximum absolute atomic E-state index is 4.95. The van der Waals surface area contributed by atoms with Gasteiger partial charge in [0.05, 0.1) is 17.9 Å². The summed E-state index contributed by atoms with van der Waals surface area (Å²) in [7, 11) is 0. The first-order valence-corrected chi connectivity index (χ1v) is 10.1. The Kier molecular flexibility index (Phi) is 4.69. The highest BCUT2D eigenvalue weighted by Gasteiger charge is 2.21. The van der Waals surface area contributed by atoms with Crippen molar-refractivity contribution in [2.75, 3.05) is 0 Å². The van der Waals surface area contributed by atoms with Gasteiger partial charge in [0.1, 0.15) is 12.2 Å². The molecule has 1 unspecified atom stereocenters. The van der Waals surface area contributed by atoms with Gasteiger partial charge in [-0.05, 0) is 31.0 Å². The summed E-state index contributed by atoms with van der Waals surface area (Å²) in [5.41, 5.74) is 5.72. The van der Waals surface area contributed by atoms with E-state index in [1.807, 2.05) is 27.6 Å². The molecule has 146 valence electrons. The molecule has 0 fully saturated rings. The fourth-order valence-electron chi connectivity index (χ4n) is 3.98. The number of benzene rings is 2. The van der Waals surface area contributed by atoms with Gasteiger partial charge in [0.25, 0.3) is 0 Å². The number of rotatable bonds is 5. The zero-order chi connectivity index (χ0) is 19.6. The molecule has 0 saturated carbocycles. The predicted octanol–water partition coefficient (Wildman–Crippen LogP) is 3.54. The summed E-state index contributed by atoms with van der Waals surface area (Å²) in [5.74, 6) is 1.08. The monoisotopic (exact) mass is 384 g/mol. The molecule has 29 heavy (non-hydrogen) atoms. The van der Waals surface area contributed by atoms with Crippen molar-refractivity contribution in [2.45, 2.75) is 38.9 Å². The molecule has 3 heterocycles. The highest BCUT2D eigenvalue weighted by Crippen LogP contribution is 2.27. The first kappa shape index (κ1) is 17.8. The van der Waals surface area contributed by atoms with Gasteiger partial charge in [-0.1, -0.05) is 42.5 Å². The topological polar surface area (TPSA) is 60.6 Å². The van der Waals surface area contributed by atoms with Gasteiger partial charge in [-0.15, -0.1) is 0 Å². The zero-order valence-corrected chi connectivity index (χ0v) is 16.5. The van der Waals surface area contributed by atoms with Crippen LogP contribution in [0.15, 0.2) is 67.1 Å². The molecular formula is C23H24N6. The number of aryl methyl sites for hydroxylation is 2. The van der Waals surface area contributed by atoms with E-state index in [1.165, 1.54) is 16.7 Å². The lowest BCUT2D eigenvalue weighted by Crippen LogP contribution is -2.37. The Labute approximate surface area is 170 Å². The largest absolute Gasteiger partial charge is 0.308 e. The van der Waals surface area contributed by atoms with E-state index in [0.29, 0.717) is 6.04 Å². The second-order valence-corrected chi connectivity index (χ2v) is 7.57. The Balaban J connectivity index is 1.43. The van der Waals surface area contributed by atoms with Gasteiger partial charge in [0, 0.05) is 36.3 Å². The minimum atomic E-state index is 0.383. The molecule has 1 N–H and O–H groups in total. The van der Waals surface area contributed by atoms with Crippen molar-refractivity contribution in [3.63, 3.8) is 0 Å². The fraction of sp³-hybridized carbons (Fsp3) is 0.261. The van der Waals surface area contributed by atoms with Crippen LogP contribution in [0.25, 0.3) is 16.9 Å². The van der Waals surface area contributed by atoms with Gasteiger partial charge in [-0.2, -0.15) is 10.2 Å². The number of para-hydroxylation sites is 1. The molecule has 2 aromatic carbocycles. The Hall–Kier alpha value is -3.25. The van der Waals surface area contributed by atoms with Crippen molar-refractivity contribution >= 4 is 0 Å². The minimum Gasteiger partial charge on any atom is -0.308 e. The first-order valence-electron chi connectivity index (χ1n) is 10.1. The summed E-state index contributed by atoms with van der Waals surface area (Å²) >= 11 is 0. The zero-order valence-electron chi connectivity index (χ0n) is 16.5. The van der Waals surface area contributed by atoms with Crippen LogP contribution in [-0.2, 0) is 19.5 Å². The number of fused-ring (bicyclic) bond motifs is 1. The third kappa shape index (κ3) is 3.59. The smallest absolute Gasteiger partial charge is 0.138 e. The molecule has 0 spiro atoms. The van der Waals surface area contributed by atoms with Crippen LogP contribution < -0.4 is 5.32 Å². The summed E-state index contributed by atoms with van der Waals surface area (Å²) < 4.78 is 3.99. The molecule has 0 aliphatic carbocycles. The lowest BCUT2D eigenvalue weighted by Gasteiger charge is -2.23. The molecule has 0 amide bonds. The van der Waals surface area contributed by atoms with Crippen LogP contribution in [0.3, 0.4) is 0 Å². The fourth-order valence-corrected chi connectivity index (χ4v) is 3.98. The number of nitrogens with zero attached hydrogens (tertiary/aromatic N) is 5. The summed E-state index contributed by atoms with van der Waals surface area (Å²) in [6.45, 7) is 3.77. The van der Waals surface area contributed by atoms with Crippen LogP contribution in [0, 0.1) is 6.92 Å². The molecule has 5 rings (SSSR count). The van der Waals surface area contributed by atoms with Gasteiger partial charge >= 0.3 is 0 Å². The Morgan fingerprint density at radius 3 is 2.76 bits per heavy atom. The number of hydrogen-bond acceptors (Lipinski definition) is 4. The first-order chi connectivity index (χ1) is 14.3. The van der Waals surface area contributed by atoms with Crippen molar-refractivity contribution in [2.24, 2.45) is 0 Å². The van der Waals surface area contributed by atoms with Crippen LogP contribution in [-0.4, -0.2) is 30.6 Å². The lowest BCUT2D eigenvalue weighted by molar-refractivity contribution is 0.358. The third-order valence-corrected chi connectivity index (χ3v) is 5.60. The van der Waals surface area contributed by atoms with E-state index < -0.39 is 0 Å². The maximum atomic E-state index is 4.95. The van der Waals surface area contributed by atoms with E-state index in [0.717, 1.165) is 43.1 Å². The van der Waals surface area contributed by atoms with Crippen LogP contribution >= 0.6 is 0 Å². The number of aromatic nitrogens is 5. The second kappa shape index (κ2) is 7.64. The summed E-state index contributed by atoms with van der Waals surface area (Å²) in [6.07, 6.45) is 5.84. The van der Waals surface area contributed by atoms with Crippen LogP contribution in [0.5, 0.6) is 0 Å². The van der Waals surface area contributed by atoms with Gasteiger partial charge in [-0.25, -0.2) is 14.3 Å². The standard InChI is InChI=1S/C23H24N6/c1-17-7-5-6-10-21(17)23-18(14-28(27-23)20-8-3-2-4-9-20)13-24-19-11-12-22-25-16-26-29(22)15-19/h2-10,14,16,19,24H,11-13,15H2,1H3. The van der Waals surface area contributed by atoms with Crippen molar-refractivity contribution in [1.29, 1.82) is 0 Å². The van der Waals surface area contributed by atoms with Crippen molar-refractivity contribution in [3.8, 4) is 16.9 Å². The van der Waals surface area contributed by atoms with Crippen molar-refractivity contribution in [3.05, 3.63) is 84.1 Å². The minimum absolute atomic E-state index is 0.383. The molecule has 1 atom stereocenters.